The molecule has 2 aliphatic rings. The van der Waals surface area contributed by atoms with Gasteiger partial charge in [0, 0.05) is 39.0 Å². The Kier molecular flexibility index (Phi) is 15.1. The van der Waals surface area contributed by atoms with Crippen molar-refractivity contribution in [3.8, 4) is 0 Å². The summed E-state index contributed by atoms with van der Waals surface area (Å²) in [5.41, 5.74) is 1.17. The monoisotopic (exact) mass is 505 g/mol. The van der Waals surface area contributed by atoms with Crippen LogP contribution in [-0.4, -0.2) is 57.5 Å². The molecule has 0 bridgehead atoms. The van der Waals surface area contributed by atoms with Crippen LogP contribution in [0, 0.1) is 17.7 Å². The first-order valence-corrected chi connectivity index (χ1v) is 13.4. The average Bonchev–Trinajstić information content (AvgIpc) is 3.36. The highest BCUT2D eigenvalue weighted by Gasteiger charge is 2.29. The molecule has 6 nitrogen and oxygen atoms in total. The van der Waals surface area contributed by atoms with Gasteiger partial charge in [-0.3, -0.25) is 4.79 Å². The van der Waals surface area contributed by atoms with Crippen LogP contribution in [-0.2, 0) is 9.53 Å². The fourth-order valence-corrected chi connectivity index (χ4v) is 4.16. The molecule has 1 aliphatic carbocycles. The van der Waals surface area contributed by atoms with Gasteiger partial charge >= 0.3 is 0 Å². The first-order valence-electron chi connectivity index (χ1n) is 13.4. The Labute approximate surface area is 218 Å². The topological polar surface area (TPSA) is 65.0 Å². The van der Waals surface area contributed by atoms with E-state index in [1.54, 1.807) is 18.0 Å². The molecule has 3 atom stereocenters. The number of likely N-dealkylation sites (N-methyl/N-ethyl adjacent to an activating group) is 1. The van der Waals surface area contributed by atoms with Gasteiger partial charge in [0.15, 0.2) is 0 Å². The number of unbranched alkanes of at least 4 members (excludes halogenated alkanes) is 1. The molecule has 204 valence electrons. The molecule has 1 aromatic rings. The maximum absolute atomic E-state index is 14.9. The second-order valence-electron chi connectivity index (χ2n) is 9.18. The summed E-state index contributed by atoms with van der Waals surface area (Å²) in [4.78, 5) is 16.7. The van der Waals surface area contributed by atoms with Crippen LogP contribution in [0.3, 0.4) is 0 Å². The van der Waals surface area contributed by atoms with Crippen molar-refractivity contribution in [2.75, 3.05) is 50.2 Å². The van der Waals surface area contributed by atoms with Crippen molar-refractivity contribution < 1.29 is 19.0 Å². The first-order chi connectivity index (χ1) is 17.4. The van der Waals surface area contributed by atoms with E-state index in [1.807, 2.05) is 31.2 Å². The summed E-state index contributed by atoms with van der Waals surface area (Å²) in [5, 5.41) is 10.4. The Balaban J connectivity index is 0.000000982. The largest absolute Gasteiger partial charge is 0.494 e. The number of halogens is 1. The molecule has 0 saturated carbocycles. The van der Waals surface area contributed by atoms with Gasteiger partial charge in [0.1, 0.15) is 11.6 Å². The lowest BCUT2D eigenvalue weighted by Gasteiger charge is -2.28. The molecule has 1 fully saturated rings. The summed E-state index contributed by atoms with van der Waals surface area (Å²) in [6, 6.07) is 5.49. The average molecular weight is 506 g/mol. The third kappa shape index (κ3) is 9.25. The summed E-state index contributed by atoms with van der Waals surface area (Å²) in [6.07, 6.45) is 10.3. The number of aliphatic hydroxyl groups is 1. The van der Waals surface area contributed by atoms with Gasteiger partial charge in [0.05, 0.1) is 18.2 Å². The molecule has 1 heterocycles. The lowest BCUT2D eigenvalue weighted by atomic mass is 9.88. The number of nitrogens with one attached hydrogen (secondary N) is 1. The van der Waals surface area contributed by atoms with Crippen LogP contribution in [0.2, 0.25) is 0 Å². The van der Waals surface area contributed by atoms with Gasteiger partial charge in [-0.15, -0.1) is 0 Å². The third-order valence-electron chi connectivity index (χ3n) is 6.39. The smallest absolute Gasteiger partial charge is 0.234 e. The minimum Gasteiger partial charge on any atom is -0.494 e. The van der Waals surface area contributed by atoms with Crippen LogP contribution in [0.1, 0.15) is 60.3 Å². The predicted octanol–water partition coefficient (Wildman–Crippen LogP) is 5.52. The molecule has 3 unspecified atom stereocenters. The van der Waals surface area contributed by atoms with Crippen molar-refractivity contribution in [2.45, 2.75) is 66.3 Å². The maximum atomic E-state index is 14.9. The van der Waals surface area contributed by atoms with Crippen LogP contribution >= 0.6 is 0 Å². The first kappa shape index (κ1) is 31.6. The van der Waals surface area contributed by atoms with Crippen LogP contribution in [0.15, 0.2) is 42.2 Å². The highest BCUT2D eigenvalue weighted by molar-refractivity contribution is 5.96. The van der Waals surface area contributed by atoms with E-state index in [4.69, 9.17) is 9.84 Å². The minimum absolute atomic E-state index is 0.0218. The maximum Gasteiger partial charge on any atom is 0.234 e. The predicted molar refractivity (Wildman–Crippen MR) is 149 cm³/mol. The number of carbonyl (C=O) groups excluding carboxylic acids is 1. The number of rotatable bonds is 9. The molecule has 36 heavy (non-hydrogen) atoms. The molecule has 0 radical (unpaired) electrons. The Morgan fingerprint density at radius 2 is 1.89 bits per heavy atom. The van der Waals surface area contributed by atoms with Gasteiger partial charge < -0.3 is 25.0 Å². The van der Waals surface area contributed by atoms with E-state index in [2.05, 4.69) is 37.9 Å². The summed E-state index contributed by atoms with van der Waals surface area (Å²) in [5.74, 6) is 0.212. The molecular formula is C29H48FN3O3. The number of nitrogens with zero attached hydrogens (tertiary/aromatic N) is 2. The van der Waals surface area contributed by atoms with Gasteiger partial charge in [-0.2, -0.15) is 0 Å². The molecule has 7 heteroatoms. The molecule has 3 rings (SSSR count). The van der Waals surface area contributed by atoms with E-state index in [1.165, 1.54) is 18.9 Å². The van der Waals surface area contributed by atoms with Crippen LogP contribution in [0.25, 0.3) is 0 Å². The molecular weight excluding hydrogens is 457 g/mol. The number of ether oxygens (including phenoxy) is 1. The fraction of sp³-hybridized carbons (Fsp3) is 0.621. The van der Waals surface area contributed by atoms with Crippen molar-refractivity contribution in [2.24, 2.45) is 11.8 Å². The zero-order valence-electron chi connectivity index (χ0n) is 23.4. The number of hydrogen-bond acceptors (Lipinski definition) is 5. The molecule has 1 aliphatic heterocycles. The zero-order valence-corrected chi connectivity index (χ0v) is 23.4. The standard InChI is InChI=1S/C24H34FN3O2.C4H10.CH4O/c1-5-13-30-20-8-9-21(17(3)14-20)24(29)27(4)19-7-10-23(22(25)15-19)28-12-11-18(16-28)26-6-2;1-3-4-2;1-2/h7-10,14-15,17-18,21,26H,5-6,11-13,16H2,1-4H3;3-4H2,1-2H3;2H,1H3. The Morgan fingerprint density at radius 1 is 1.19 bits per heavy atom. The van der Waals surface area contributed by atoms with E-state index >= 15 is 0 Å². The summed E-state index contributed by atoms with van der Waals surface area (Å²) in [7, 11) is 2.71. The van der Waals surface area contributed by atoms with Crippen molar-refractivity contribution >= 4 is 17.3 Å². The SMILES string of the molecule is CCCC.CCCOC1=CC(C)C(C(=O)N(C)c2ccc(N3CCC(NCC)C3)c(F)c2)C=C1.CO. The molecule has 2 N–H and O–H groups in total. The molecule has 1 aromatic carbocycles. The lowest BCUT2D eigenvalue weighted by molar-refractivity contribution is -0.121. The third-order valence-corrected chi connectivity index (χ3v) is 6.39. The number of benzene rings is 1. The highest BCUT2D eigenvalue weighted by Crippen LogP contribution is 2.30. The number of anilines is 2. The lowest BCUT2D eigenvalue weighted by Crippen LogP contribution is -2.35. The highest BCUT2D eigenvalue weighted by atomic mass is 19.1. The zero-order chi connectivity index (χ0) is 27.1. The van der Waals surface area contributed by atoms with Gasteiger partial charge in [0.25, 0.3) is 0 Å². The number of allylic oxidation sites excluding steroid dienone is 2. The molecule has 1 saturated heterocycles. The normalized spacial score (nSPS) is 20.5. The van der Waals surface area contributed by atoms with E-state index in [0.717, 1.165) is 45.3 Å². The number of carbonyl (C=O) groups is 1. The van der Waals surface area contributed by atoms with Gasteiger partial charge in [-0.1, -0.05) is 53.5 Å². The number of hydrogen-bond donors (Lipinski definition) is 2. The van der Waals surface area contributed by atoms with Crippen LogP contribution in [0.4, 0.5) is 15.8 Å². The summed E-state index contributed by atoms with van der Waals surface area (Å²) >= 11 is 0. The second kappa shape index (κ2) is 17.1. The molecule has 1 amide bonds. The van der Waals surface area contributed by atoms with Gasteiger partial charge in [-0.05, 0) is 55.7 Å². The second-order valence-corrected chi connectivity index (χ2v) is 9.18. The van der Waals surface area contributed by atoms with E-state index in [-0.39, 0.29) is 23.6 Å². The minimum atomic E-state index is -0.286. The van der Waals surface area contributed by atoms with E-state index in [9.17, 15) is 9.18 Å². The van der Waals surface area contributed by atoms with Crippen molar-refractivity contribution in [3.05, 3.63) is 48.0 Å². The van der Waals surface area contributed by atoms with E-state index in [0.29, 0.717) is 24.0 Å². The van der Waals surface area contributed by atoms with Crippen molar-refractivity contribution in [1.82, 2.24) is 5.32 Å². The number of aliphatic hydroxyl groups excluding tert-OH is 1. The Bertz CT molecular complexity index is 841. The van der Waals surface area contributed by atoms with Crippen molar-refractivity contribution in [3.63, 3.8) is 0 Å². The summed E-state index contributed by atoms with van der Waals surface area (Å²) in [6.45, 7) is 13.7. The quantitative estimate of drug-likeness (QED) is 0.462. The van der Waals surface area contributed by atoms with Crippen LogP contribution < -0.4 is 15.1 Å². The van der Waals surface area contributed by atoms with Gasteiger partial charge in [-0.25, -0.2) is 4.39 Å². The molecule has 0 spiro atoms. The fourth-order valence-electron chi connectivity index (χ4n) is 4.16. The van der Waals surface area contributed by atoms with Gasteiger partial charge in [0.2, 0.25) is 5.91 Å². The van der Waals surface area contributed by atoms with E-state index < -0.39 is 0 Å². The van der Waals surface area contributed by atoms with Crippen LogP contribution in [0.5, 0.6) is 0 Å². The Hall–Kier alpha value is -2.38. The van der Waals surface area contributed by atoms with Crippen molar-refractivity contribution in [1.29, 1.82) is 0 Å². The Morgan fingerprint density at radius 3 is 2.44 bits per heavy atom. The number of amides is 1. The molecule has 0 aromatic heterocycles. The summed E-state index contributed by atoms with van der Waals surface area (Å²) < 4.78 is 20.6.